The molecule has 0 bridgehead atoms. The number of hydrogen-bond donors (Lipinski definition) is 2. The van der Waals surface area contributed by atoms with Crippen LogP contribution in [-0.4, -0.2) is 38.2 Å². The highest BCUT2D eigenvalue weighted by atomic mass is 16.5. The molecule has 4 heteroatoms. The number of rotatable bonds is 4. The van der Waals surface area contributed by atoms with Crippen molar-refractivity contribution in [3.8, 4) is 0 Å². The Labute approximate surface area is 114 Å². The molecule has 1 heterocycles. The quantitative estimate of drug-likeness (QED) is 0.813. The summed E-state index contributed by atoms with van der Waals surface area (Å²) in [6.45, 7) is 3.13. The Bertz CT molecular complexity index is 460. The van der Waals surface area contributed by atoms with Crippen LogP contribution in [0.15, 0.2) is 18.2 Å². The molecule has 1 spiro atoms. The van der Waals surface area contributed by atoms with E-state index in [1.54, 1.807) is 7.11 Å². The molecule has 104 valence electrons. The molecular formula is C15H23N3O. The van der Waals surface area contributed by atoms with E-state index in [2.05, 4.69) is 29.4 Å². The first kappa shape index (κ1) is 12.8. The molecule has 0 radical (unpaired) electrons. The fourth-order valence-electron chi connectivity index (χ4n) is 3.66. The number of nitrogens with zero attached hydrogens (tertiary/aromatic N) is 1. The van der Waals surface area contributed by atoms with Gasteiger partial charge in [0.1, 0.15) is 0 Å². The van der Waals surface area contributed by atoms with Crippen LogP contribution in [0.25, 0.3) is 0 Å². The van der Waals surface area contributed by atoms with E-state index in [0.717, 1.165) is 16.9 Å². The van der Waals surface area contributed by atoms with Gasteiger partial charge in [-0.3, -0.25) is 0 Å². The molecule has 1 aromatic carbocycles. The third-order valence-corrected chi connectivity index (χ3v) is 4.36. The lowest BCUT2D eigenvalue weighted by molar-refractivity contribution is -0.0513. The standard InChI is InChI=1S/C15H23N3O/c1-18-9-15(10-18)6-12(7-15)17-14-4-3-11(8-19-2)5-13(14)16/h3-5,12,17H,6-10,16H2,1-2H3. The molecule has 1 saturated heterocycles. The van der Waals surface area contributed by atoms with Crippen molar-refractivity contribution >= 4 is 11.4 Å². The molecule has 3 rings (SSSR count). The summed E-state index contributed by atoms with van der Waals surface area (Å²) in [5.74, 6) is 0. The van der Waals surface area contributed by atoms with Crippen LogP contribution in [0, 0.1) is 5.41 Å². The van der Waals surface area contributed by atoms with Crippen molar-refractivity contribution in [3.63, 3.8) is 0 Å². The monoisotopic (exact) mass is 261 g/mol. The van der Waals surface area contributed by atoms with Crippen LogP contribution in [0.3, 0.4) is 0 Å². The van der Waals surface area contributed by atoms with Gasteiger partial charge < -0.3 is 20.7 Å². The van der Waals surface area contributed by atoms with Crippen LogP contribution >= 0.6 is 0 Å². The second kappa shape index (κ2) is 4.69. The lowest BCUT2D eigenvalue weighted by Gasteiger charge is -2.58. The zero-order valence-electron chi connectivity index (χ0n) is 11.8. The summed E-state index contributed by atoms with van der Waals surface area (Å²) >= 11 is 0. The Hall–Kier alpha value is -1.26. The summed E-state index contributed by atoms with van der Waals surface area (Å²) < 4.78 is 5.12. The third kappa shape index (κ3) is 2.42. The highest BCUT2D eigenvalue weighted by Crippen LogP contribution is 2.48. The molecule has 0 atom stereocenters. The van der Waals surface area contributed by atoms with Gasteiger partial charge in [-0.1, -0.05) is 6.07 Å². The van der Waals surface area contributed by atoms with Crippen LogP contribution < -0.4 is 11.1 Å². The number of anilines is 2. The Morgan fingerprint density at radius 3 is 2.74 bits per heavy atom. The molecule has 4 nitrogen and oxygen atoms in total. The number of nitrogens with one attached hydrogen (secondary N) is 1. The van der Waals surface area contributed by atoms with E-state index in [-0.39, 0.29) is 0 Å². The lowest BCUT2D eigenvalue weighted by atomic mass is 9.61. The molecule has 0 aromatic heterocycles. The highest BCUT2D eigenvalue weighted by Gasteiger charge is 2.50. The summed E-state index contributed by atoms with van der Waals surface area (Å²) in [5.41, 5.74) is 9.70. The molecule has 0 amide bonds. The molecule has 2 aliphatic rings. The van der Waals surface area contributed by atoms with Crippen LogP contribution in [0.1, 0.15) is 18.4 Å². The first-order valence-corrected chi connectivity index (χ1v) is 6.93. The Morgan fingerprint density at radius 1 is 1.42 bits per heavy atom. The Morgan fingerprint density at radius 2 is 2.16 bits per heavy atom. The van der Waals surface area contributed by atoms with Gasteiger partial charge in [0.2, 0.25) is 0 Å². The van der Waals surface area contributed by atoms with Gasteiger partial charge in [-0.2, -0.15) is 0 Å². The maximum atomic E-state index is 6.09. The largest absolute Gasteiger partial charge is 0.397 e. The topological polar surface area (TPSA) is 50.5 Å². The molecule has 0 unspecified atom stereocenters. The summed E-state index contributed by atoms with van der Waals surface area (Å²) in [6, 6.07) is 6.73. The minimum absolute atomic E-state index is 0.587. The van der Waals surface area contributed by atoms with Crippen LogP contribution in [-0.2, 0) is 11.3 Å². The van der Waals surface area contributed by atoms with Crippen molar-refractivity contribution in [1.29, 1.82) is 0 Å². The summed E-state index contributed by atoms with van der Waals surface area (Å²) in [4.78, 5) is 2.39. The van der Waals surface area contributed by atoms with Crippen molar-refractivity contribution in [2.75, 3.05) is 38.3 Å². The van der Waals surface area contributed by atoms with Crippen molar-refractivity contribution in [2.45, 2.75) is 25.5 Å². The minimum atomic E-state index is 0.587. The molecule has 1 aromatic rings. The number of nitrogen functional groups attached to an aromatic ring is 1. The van der Waals surface area contributed by atoms with Gasteiger partial charge in [-0.25, -0.2) is 0 Å². The van der Waals surface area contributed by atoms with E-state index in [1.807, 2.05) is 6.07 Å². The number of benzene rings is 1. The van der Waals surface area contributed by atoms with Crippen molar-refractivity contribution < 1.29 is 4.74 Å². The summed E-state index contributed by atoms with van der Waals surface area (Å²) in [5, 5.41) is 3.57. The fourth-order valence-corrected chi connectivity index (χ4v) is 3.66. The summed E-state index contributed by atoms with van der Waals surface area (Å²) in [7, 11) is 3.89. The third-order valence-electron chi connectivity index (χ3n) is 4.36. The Kier molecular flexibility index (Phi) is 3.15. The lowest BCUT2D eigenvalue weighted by Crippen LogP contribution is -2.63. The van der Waals surface area contributed by atoms with Gasteiger partial charge in [0.05, 0.1) is 18.0 Å². The molecule has 1 saturated carbocycles. The van der Waals surface area contributed by atoms with Gasteiger partial charge in [-0.15, -0.1) is 0 Å². The second-order valence-electron chi connectivity index (χ2n) is 6.28. The molecule has 3 N–H and O–H groups in total. The van der Waals surface area contributed by atoms with Crippen molar-refractivity contribution in [2.24, 2.45) is 5.41 Å². The first-order chi connectivity index (χ1) is 9.10. The number of likely N-dealkylation sites (tertiary alicyclic amines) is 1. The fraction of sp³-hybridized carbons (Fsp3) is 0.600. The Balaban J connectivity index is 1.56. The number of methoxy groups -OCH3 is 1. The zero-order valence-corrected chi connectivity index (χ0v) is 11.8. The molecular weight excluding hydrogens is 238 g/mol. The van der Waals surface area contributed by atoms with Crippen LogP contribution in [0.5, 0.6) is 0 Å². The maximum absolute atomic E-state index is 6.09. The van der Waals surface area contributed by atoms with Gasteiger partial charge in [-0.05, 0) is 43.0 Å². The number of nitrogens with two attached hydrogens (primary N) is 1. The van der Waals surface area contributed by atoms with Crippen molar-refractivity contribution in [3.05, 3.63) is 23.8 Å². The molecule has 2 fully saturated rings. The second-order valence-corrected chi connectivity index (χ2v) is 6.28. The predicted octanol–water partition coefficient (Wildman–Crippen LogP) is 1.92. The average molecular weight is 261 g/mol. The minimum Gasteiger partial charge on any atom is -0.397 e. The normalized spacial score (nSPS) is 22.0. The SMILES string of the molecule is COCc1ccc(NC2CC3(C2)CN(C)C3)c(N)c1. The maximum Gasteiger partial charge on any atom is 0.0713 e. The highest BCUT2D eigenvalue weighted by molar-refractivity contribution is 5.67. The van der Waals surface area contributed by atoms with E-state index in [4.69, 9.17) is 10.5 Å². The van der Waals surface area contributed by atoms with E-state index < -0.39 is 0 Å². The van der Waals surface area contributed by atoms with Crippen LogP contribution in [0.2, 0.25) is 0 Å². The van der Waals surface area contributed by atoms with E-state index in [1.165, 1.54) is 25.9 Å². The van der Waals surface area contributed by atoms with E-state index in [0.29, 0.717) is 18.1 Å². The molecule has 1 aliphatic heterocycles. The zero-order chi connectivity index (χ0) is 13.5. The molecule has 19 heavy (non-hydrogen) atoms. The van der Waals surface area contributed by atoms with Crippen molar-refractivity contribution in [1.82, 2.24) is 4.90 Å². The van der Waals surface area contributed by atoms with Gasteiger partial charge in [0, 0.05) is 26.2 Å². The number of hydrogen-bond acceptors (Lipinski definition) is 4. The van der Waals surface area contributed by atoms with Gasteiger partial charge >= 0.3 is 0 Å². The number of ether oxygens (including phenoxy) is 1. The molecule has 1 aliphatic carbocycles. The predicted molar refractivity (Wildman–Crippen MR) is 78.1 cm³/mol. The van der Waals surface area contributed by atoms with E-state index in [9.17, 15) is 0 Å². The van der Waals surface area contributed by atoms with Crippen LogP contribution in [0.4, 0.5) is 11.4 Å². The van der Waals surface area contributed by atoms with E-state index >= 15 is 0 Å². The average Bonchev–Trinajstić information content (AvgIpc) is 2.28. The smallest absolute Gasteiger partial charge is 0.0713 e. The van der Waals surface area contributed by atoms with Gasteiger partial charge in [0.15, 0.2) is 0 Å². The van der Waals surface area contributed by atoms with Gasteiger partial charge in [0.25, 0.3) is 0 Å². The summed E-state index contributed by atoms with van der Waals surface area (Å²) in [6.07, 6.45) is 2.55. The first-order valence-electron chi connectivity index (χ1n) is 6.93.